The van der Waals surface area contributed by atoms with Crippen LogP contribution in [0.25, 0.3) is 0 Å². The Morgan fingerprint density at radius 1 is 1.39 bits per heavy atom. The highest BCUT2D eigenvalue weighted by Crippen LogP contribution is 2.32. The van der Waals surface area contributed by atoms with E-state index in [1.807, 2.05) is 0 Å². The highest BCUT2D eigenvalue weighted by Gasteiger charge is 2.09. The maximum atomic E-state index is 12.9. The van der Waals surface area contributed by atoms with Gasteiger partial charge in [-0.1, -0.05) is 11.6 Å². The molecule has 2 aromatic rings. The Bertz CT molecular complexity index is 580. The Labute approximate surface area is 116 Å². The second kappa shape index (κ2) is 5.65. The van der Waals surface area contributed by atoms with Crippen LogP contribution < -0.4 is 4.74 Å². The number of aromatic nitrogens is 1. The zero-order valence-corrected chi connectivity index (χ0v) is 11.4. The summed E-state index contributed by atoms with van der Waals surface area (Å²) in [4.78, 5) is 3.98. The number of rotatable bonds is 3. The minimum atomic E-state index is -0.371. The highest BCUT2D eigenvalue weighted by atomic mass is 79.9. The van der Waals surface area contributed by atoms with Crippen molar-refractivity contribution < 1.29 is 14.2 Å². The zero-order valence-electron chi connectivity index (χ0n) is 9.03. The maximum absolute atomic E-state index is 12.9. The van der Waals surface area contributed by atoms with Gasteiger partial charge in [-0.15, -0.1) is 0 Å². The van der Waals surface area contributed by atoms with Crippen molar-refractivity contribution in [3.05, 3.63) is 51.3 Å². The van der Waals surface area contributed by atoms with Crippen molar-refractivity contribution in [3.63, 3.8) is 0 Å². The molecule has 0 aliphatic heterocycles. The summed E-state index contributed by atoms with van der Waals surface area (Å²) in [6, 6.07) is 5.58. The minimum Gasteiger partial charge on any atom is -0.436 e. The van der Waals surface area contributed by atoms with Gasteiger partial charge >= 0.3 is 0 Å². The lowest BCUT2D eigenvalue weighted by Gasteiger charge is -2.08. The van der Waals surface area contributed by atoms with Gasteiger partial charge in [-0.25, -0.2) is 9.37 Å². The van der Waals surface area contributed by atoms with Gasteiger partial charge in [-0.05, 0) is 45.8 Å². The van der Waals surface area contributed by atoms with Crippen LogP contribution in [0.5, 0.6) is 11.6 Å². The van der Waals surface area contributed by atoms with Crippen LogP contribution in [0, 0.1) is 5.82 Å². The largest absolute Gasteiger partial charge is 0.436 e. The molecule has 0 unspecified atom stereocenters. The van der Waals surface area contributed by atoms with E-state index in [1.54, 1.807) is 6.07 Å². The van der Waals surface area contributed by atoms with Crippen molar-refractivity contribution in [1.82, 2.24) is 4.98 Å². The summed E-state index contributed by atoms with van der Waals surface area (Å²) in [5.41, 5.74) is 0.588. The Hall–Kier alpha value is -1.17. The molecule has 3 nitrogen and oxygen atoms in total. The molecule has 0 saturated heterocycles. The predicted molar refractivity (Wildman–Crippen MR) is 69.3 cm³/mol. The van der Waals surface area contributed by atoms with Crippen LogP contribution in [-0.4, -0.2) is 10.1 Å². The molecule has 1 aromatic carbocycles. The Morgan fingerprint density at radius 3 is 2.78 bits per heavy atom. The van der Waals surface area contributed by atoms with Gasteiger partial charge in [0.2, 0.25) is 5.88 Å². The lowest BCUT2D eigenvalue weighted by Crippen LogP contribution is -1.93. The summed E-state index contributed by atoms with van der Waals surface area (Å²) in [5, 5.41) is 9.20. The number of benzene rings is 1. The number of pyridine rings is 1. The van der Waals surface area contributed by atoms with Crippen molar-refractivity contribution in [3.8, 4) is 11.6 Å². The molecule has 1 aromatic heterocycles. The number of aliphatic hydroxyl groups is 1. The maximum Gasteiger partial charge on any atom is 0.238 e. The number of halogens is 3. The van der Waals surface area contributed by atoms with Crippen molar-refractivity contribution in [1.29, 1.82) is 0 Å². The van der Waals surface area contributed by atoms with Gasteiger partial charge in [0.1, 0.15) is 16.6 Å². The molecule has 0 bridgehead atoms. The third kappa shape index (κ3) is 2.98. The van der Waals surface area contributed by atoms with Crippen LogP contribution in [0.2, 0.25) is 5.02 Å². The fourth-order valence-electron chi connectivity index (χ4n) is 1.29. The van der Waals surface area contributed by atoms with Gasteiger partial charge in [0.25, 0.3) is 0 Å². The quantitative estimate of drug-likeness (QED) is 0.926. The van der Waals surface area contributed by atoms with Gasteiger partial charge in [-0.3, -0.25) is 0 Å². The van der Waals surface area contributed by atoms with E-state index in [2.05, 4.69) is 20.9 Å². The average molecular weight is 333 g/mol. The Morgan fingerprint density at radius 2 is 2.17 bits per heavy atom. The van der Waals surface area contributed by atoms with Gasteiger partial charge in [-0.2, -0.15) is 0 Å². The van der Waals surface area contributed by atoms with E-state index in [1.165, 1.54) is 24.4 Å². The molecule has 0 aliphatic rings. The number of aliphatic hydroxyl groups excluding tert-OH is 1. The van der Waals surface area contributed by atoms with Crippen molar-refractivity contribution >= 4 is 27.5 Å². The van der Waals surface area contributed by atoms with Crippen LogP contribution in [0.3, 0.4) is 0 Å². The smallest absolute Gasteiger partial charge is 0.238 e. The first-order chi connectivity index (χ1) is 8.60. The van der Waals surface area contributed by atoms with E-state index in [9.17, 15) is 4.39 Å². The molecule has 0 aliphatic carbocycles. The van der Waals surface area contributed by atoms with Crippen LogP contribution in [-0.2, 0) is 6.61 Å². The molecule has 18 heavy (non-hydrogen) atoms. The monoisotopic (exact) mass is 331 g/mol. The lowest BCUT2D eigenvalue weighted by atomic mass is 10.3. The zero-order chi connectivity index (χ0) is 13.1. The Kier molecular flexibility index (Phi) is 4.16. The van der Waals surface area contributed by atoms with Crippen LogP contribution in [0.15, 0.2) is 34.9 Å². The molecule has 1 N–H and O–H groups in total. The molecule has 0 fully saturated rings. The number of ether oxygens (including phenoxy) is 1. The van der Waals surface area contributed by atoms with E-state index in [-0.39, 0.29) is 23.3 Å². The first kappa shape index (κ1) is 13.3. The molecule has 0 saturated carbocycles. The summed E-state index contributed by atoms with van der Waals surface area (Å²) in [7, 11) is 0. The summed E-state index contributed by atoms with van der Waals surface area (Å²) in [6.45, 7) is -0.146. The molecule has 1 heterocycles. The van der Waals surface area contributed by atoms with Gasteiger partial charge in [0.05, 0.1) is 11.1 Å². The van der Waals surface area contributed by atoms with Crippen molar-refractivity contribution in [2.24, 2.45) is 0 Å². The molecule has 0 atom stereocenters. The summed E-state index contributed by atoms with van der Waals surface area (Å²) >= 11 is 9.14. The number of hydrogen-bond acceptors (Lipinski definition) is 3. The standard InChI is InChI=1S/C12H8BrClFNO2/c13-9-4-8(15)1-2-11(9)18-12-10(14)3-7(6-17)5-16-12/h1-5,17H,6H2. The van der Waals surface area contributed by atoms with E-state index in [0.29, 0.717) is 15.8 Å². The average Bonchev–Trinajstić information content (AvgIpc) is 2.34. The van der Waals surface area contributed by atoms with Crippen LogP contribution in [0.1, 0.15) is 5.56 Å². The van der Waals surface area contributed by atoms with Crippen molar-refractivity contribution in [2.45, 2.75) is 6.61 Å². The summed E-state index contributed by atoms with van der Waals surface area (Å²) < 4.78 is 18.8. The van der Waals surface area contributed by atoms with E-state index in [0.717, 1.165) is 0 Å². The molecular formula is C12H8BrClFNO2. The van der Waals surface area contributed by atoms with Gasteiger partial charge < -0.3 is 9.84 Å². The topological polar surface area (TPSA) is 42.4 Å². The molecular weight excluding hydrogens is 324 g/mol. The molecule has 6 heteroatoms. The van der Waals surface area contributed by atoms with Crippen LogP contribution >= 0.6 is 27.5 Å². The first-order valence-electron chi connectivity index (χ1n) is 4.98. The molecule has 0 spiro atoms. The van der Waals surface area contributed by atoms with Gasteiger partial charge in [0.15, 0.2) is 0 Å². The van der Waals surface area contributed by atoms with Crippen molar-refractivity contribution in [2.75, 3.05) is 0 Å². The summed E-state index contributed by atoms with van der Waals surface area (Å²) in [5.74, 6) is 0.229. The molecule has 0 amide bonds. The molecule has 2 rings (SSSR count). The summed E-state index contributed by atoms with van der Waals surface area (Å²) in [6.07, 6.45) is 1.46. The Balaban J connectivity index is 2.28. The first-order valence-corrected chi connectivity index (χ1v) is 6.15. The third-order valence-electron chi connectivity index (χ3n) is 2.15. The van der Waals surface area contributed by atoms with Gasteiger partial charge in [0, 0.05) is 6.20 Å². The molecule has 94 valence electrons. The third-order valence-corrected chi connectivity index (χ3v) is 3.04. The van der Waals surface area contributed by atoms with E-state index >= 15 is 0 Å². The number of nitrogens with zero attached hydrogens (tertiary/aromatic N) is 1. The second-order valence-corrected chi connectivity index (χ2v) is 4.73. The molecule has 0 radical (unpaired) electrons. The minimum absolute atomic E-state index is 0.146. The second-order valence-electron chi connectivity index (χ2n) is 3.47. The highest BCUT2D eigenvalue weighted by molar-refractivity contribution is 9.10. The van der Waals surface area contributed by atoms with Crippen LogP contribution in [0.4, 0.5) is 4.39 Å². The van der Waals surface area contributed by atoms with E-state index in [4.69, 9.17) is 21.4 Å². The predicted octanol–water partition coefficient (Wildman–Crippen LogP) is 3.92. The fraction of sp³-hybridized carbons (Fsp3) is 0.0833. The normalized spacial score (nSPS) is 10.4. The number of hydrogen-bond donors (Lipinski definition) is 1. The fourth-order valence-corrected chi connectivity index (χ4v) is 1.95. The SMILES string of the molecule is OCc1cnc(Oc2ccc(F)cc2Br)c(Cl)c1. The lowest BCUT2D eigenvalue weighted by molar-refractivity contribution is 0.281. The van der Waals surface area contributed by atoms with E-state index < -0.39 is 0 Å².